The largest absolute Gasteiger partial charge is 0.396 e. The van der Waals surface area contributed by atoms with Crippen LogP contribution >= 0.6 is 15.9 Å². The Kier molecular flexibility index (Phi) is 4.60. The zero-order valence-corrected chi connectivity index (χ0v) is 11.5. The molecule has 0 spiro atoms. The molecule has 1 N–H and O–H groups in total. The lowest BCUT2D eigenvalue weighted by atomic mass is 10.2. The molecule has 0 radical (unpaired) electrons. The Morgan fingerprint density at radius 3 is 2.79 bits per heavy atom. The molecule has 102 valence electrons. The van der Waals surface area contributed by atoms with Gasteiger partial charge in [0.15, 0.2) is 11.6 Å². The number of benzene rings is 1. The normalized spacial score (nSPS) is 10.9. The summed E-state index contributed by atoms with van der Waals surface area (Å²) in [6.07, 6.45) is 1.90. The Morgan fingerprint density at radius 1 is 1.26 bits per heavy atom. The van der Waals surface area contributed by atoms with Crippen molar-refractivity contribution < 1.29 is 18.4 Å². The van der Waals surface area contributed by atoms with Crippen LogP contribution in [0.1, 0.15) is 18.7 Å². The summed E-state index contributed by atoms with van der Waals surface area (Å²) in [5.74, 6) is -1.32. The molecule has 19 heavy (non-hydrogen) atoms. The molecule has 0 saturated carbocycles. The van der Waals surface area contributed by atoms with Gasteiger partial charge < -0.3 is 9.63 Å². The molecule has 1 aromatic carbocycles. The molecule has 0 atom stereocenters. The van der Waals surface area contributed by atoms with E-state index < -0.39 is 11.6 Å². The zero-order chi connectivity index (χ0) is 13.8. The number of aromatic nitrogens is 2. The summed E-state index contributed by atoms with van der Waals surface area (Å²) in [6, 6.07) is 2.39. The van der Waals surface area contributed by atoms with E-state index in [-0.39, 0.29) is 16.9 Å². The highest BCUT2D eigenvalue weighted by molar-refractivity contribution is 9.10. The summed E-state index contributed by atoms with van der Waals surface area (Å²) in [7, 11) is 0. The molecule has 0 saturated heterocycles. The Bertz CT molecular complexity index is 575. The predicted molar refractivity (Wildman–Crippen MR) is 67.4 cm³/mol. The average molecular weight is 333 g/mol. The van der Waals surface area contributed by atoms with Crippen molar-refractivity contribution in [2.24, 2.45) is 0 Å². The fraction of sp³-hybridized carbons (Fsp3) is 0.333. The van der Waals surface area contributed by atoms with Gasteiger partial charge in [-0.15, -0.1) is 0 Å². The number of hydrogen-bond acceptors (Lipinski definition) is 4. The highest BCUT2D eigenvalue weighted by Gasteiger charge is 2.16. The summed E-state index contributed by atoms with van der Waals surface area (Å²) < 4.78 is 31.4. The first-order valence-electron chi connectivity index (χ1n) is 5.70. The van der Waals surface area contributed by atoms with Gasteiger partial charge in [-0.05, 0) is 40.9 Å². The number of nitrogens with zero attached hydrogens (tertiary/aromatic N) is 2. The molecule has 0 aliphatic rings. The number of aliphatic hydroxyl groups excluding tert-OH is 1. The molecule has 0 unspecified atom stereocenters. The van der Waals surface area contributed by atoms with Gasteiger partial charge in [0.2, 0.25) is 11.7 Å². The van der Waals surface area contributed by atoms with Gasteiger partial charge in [0.25, 0.3) is 0 Å². The van der Waals surface area contributed by atoms with Crippen LogP contribution in [-0.4, -0.2) is 21.9 Å². The first-order valence-corrected chi connectivity index (χ1v) is 6.50. The number of unbranched alkanes of at least 4 members (excludes halogenated alkanes) is 1. The Morgan fingerprint density at radius 2 is 2.05 bits per heavy atom. The van der Waals surface area contributed by atoms with Crippen LogP contribution in [0, 0.1) is 11.6 Å². The molecule has 2 aromatic rings. The standard InChI is InChI=1S/C12H11BrF2N2O2/c13-10-7(4-5-8(14)11(10)15)12-16-9(19-17-12)3-1-2-6-18/h4-5,18H,1-3,6H2. The molecule has 0 aliphatic carbocycles. The van der Waals surface area contributed by atoms with E-state index in [2.05, 4.69) is 26.1 Å². The van der Waals surface area contributed by atoms with Crippen molar-refractivity contribution in [3.05, 3.63) is 34.1 Å². The van der Waals surface area contributed by atoms with Crippen molar-refractivity contribution in [2.45, 2.75) is 19.3 Å². The molecule has 0 aliphatic heterocycles. The Labute approximate surface area is 116 Å². The fourth-order valence-electron chi connectivity index (χ4n) is 1.55. The minimum absolute atomic E-state index is 0.0322. The second-order valence-electron chi connectivity index (χ2n) is 3.92. The van der Waals surface area contributed by atoms with Gasteiger partial charge in [-0.2, -0.15) is 4.98 Å². The molecule has 0 fully saturated rings. The third-order valence-electron chi connectivity index (χ3n) is 2.54. The van der Waals surface area contributed by atoms with Gasteiger partial charge in [-0.1, -0.05) is 5.16 Å². The maximum Gasteiger partial charge on any atom is 0.226 e. The van der Waals surface area contributed by atoms with Crippen LogP contribution in [0.2, 0.25) is 0 Å². The van der Waals surface area contributed by atoms with Crippen molar-refractivity contribution in [3.8, 4) is 11.4 Å². The summed E-state index contributed by atoms with van der Waals surface area (Å²) in [6.45, 7) is 0.107. The van der Waals surface area contributed by atoms with Gasteiger partial charge in [0.05, 0.1) is 4.47 Å². The van der Waals surface area contributed by atoms with E-state index >= 15 is 0 Å². The molecule has 4 nitrogen and oxygen atoms in total. The van der Waals surface area contributed by atoms with Crippen molar-refractivity contribution in [1.82, 2.24) is 10.1 Å². The van der Waals surface area contributed by atoms with Crippen molar-refractivity contribution in [2.75, 3.05) is 6.61 Å². The maximum atomic E-state index is 13.4. The third kappa shape index (κ3) is 3.16. The van der Waals surface area contributed by atoms with Gasteiger partial charge >= 0.3 is 0 Å². The SMILES string of the molecule is OCCCCc1nc(-c2ccc(F)c(F)c2Br)no1. The van der Waals surface area contributed by atoms with Crippen LogP contribution in [0.25, 0.3) is 11.4 Å². The van der Waals surface area contributed by atoms with Crippen molar-refractivity contribution in [3.63, 3.8) is 0 Å². The summed E-state index contributed by atoms with van der Waals surface area (Å²) in [5.41, 5.74) is 0.330. The minimum atomic E-state index is -0.982. The topological polar surface area (TPSA) is 59.2 Å². The smallest absolute Gasteiger partial charge is 0.226 e. The van der Waals surface area contributed by atoms with Crippen LogP contribution in [0.4, 0.5) is 8.78 Å². The fourth-order valence-corrected chi connectivity index (χ4v) is 2.05. The first kappa shape index (κ1) is 14.1. The molecular formula is C12H11BrF2N2O2. The molecule has 0 amide bonds. The van der Waals surface area contributed by atoms with E-state index in [1.54, 1.807) is 0 Å². The quantitative estimate of drug-likeness (QED) is 0.675. The van der Waals surface area contributed by atoms with E-state index in [0.717, 1.165) is 12.5 Å². The van der Waals surface area contributed by atoms with Crippen LogP contribution in [0.3, 0.4) is 0 Å². The van der Waals surface area contributed by atoms with E-state index in [0.29, 0.717) is 24.3 Å². The van der Waals surface area contributed by atoms with Crippen LogP contribution in [-0.2, 0) is 6.42 Å². The van der Waals surface area contributed by atoms with Crippen LogP contribution in [0.5, 0.6) is 0 Å². The number of rotatable bonds is 5. The Hall–Kier alpha value is -1.34. The van der Waals surface area contributed by atoms with Gasteiger partial charge in [-0.3, -0.25) is 0 Å². The van der Waals surface area contributed by atoms with Crippen LogP contribution in [0.15, 0.2) is 21.1 Å². The highest BCUT2D eigenvalue weighted by atomic mass is 79.9. The maximum absolute atomic E-state index is 13.4. The molecule has 0 bridgehead atoms. The third-order valence-corrected chi connectivity index (χ3v) is 3.32. The lowest BCUT2D eigenvalue weighted by Crippen LogP contribution is -1.92. The molecule has 7 heteroatoms. The average Bonchev–Trinajstić information content (AvgIpc) is 2.85. The van der Waals surface area contributed by atoms with Crippen molar-refractivity contribution in [1.29, 1.82) is 0 Å². The highest BCUT2D eigenvalue weighted by Crippen LogP contribution is 2.30. The number of hydrogen-bond donors (Lipinski definition) is 1. The summed E-state index contributed by atoms with van der Waals surface area (Å²) >= 11 is 2.97. The summed E-state index contributed by atoms with van der Waals surface area (Å²) in [5, 5.41) is 12.4. The Balaban J connectivity index is 2.21. The monoisotopic (exact) mass is 332 g/mol. The van der Waals surface area contributed by atoms with E-state index in [1.165, 1.54) is 6.07 Å². The zero-order valence-electron chi connectivity index (χ0n) is 9.87. The van der Waals surface area contributed by atoms with Gasteiger partial charge in [-0.25, -0.2) is 8.78 Å². The van der Waals surface area contributed by atoms with E-state index in [1.807, 2.05) is 0 Å². The molecule has 1 aromatic heterocycles. The summed E-state index contributed by atoms with van der Waals surface area (Å²) in [4.78, 5) is 4.11. The van der Waals surface area contributed by atoms with E-state index in [4.69, 9.17) is 9.63 Å². The number of aliphatic hydroxyl groups is 1. The minimum Gasteiger partial charge on any atom is -0.396 e. The van der Waals surface area contributed by atoms with Gasteiger partial charge in [0, 0.05) is 18.6 Å². The second kappa shape index (κ2) is 6.21. The van der Waals surface area contributed by atoms with E-state index in [9.17, 15) is 8.78 Å². The lowest BCUT2D eigenvalue weighted by Gasteiger charge is -2.00. The molecular weight excluding hydrogens is 322 g/mol. The molecule has 2 rings (SSSR count). The lowest BCUT2D eigenvalue weighted by molar-refractivity contribution is 0.281. The van der Waals surface area contributed by atoms with Crippen molar-refractivity contribution >= 4 is 15.9 Å². The number of aryl methyl sites for hydroxylation is 1. The first-order chi connectivity index (χ1) is 9.13. The van der Waals surface area contributed by atoms with Gasteiger partial charge in [0.1, 0.15) is 0 Å². The predicted octanol–water partition coefficient (Wildman–Crippen LogP) is 3.09. The second-order valence-corrected chi connectivity index (χ2v) is 4.71. The molecule has 1 heterocycles. The number of halogens is 3. The van der Waals surface area contributed by atoms with Crippen LogP contribution < -0.4 is 0 Å².